The van der Waals surface area contributed by atoms with Gasteiger partial charge in [0.15, 0.2) is 0 Å². The van der Waals surface area contributed by atoms with Crippen molar-refractivity contribution in [3.05, 3.63) is 72.4 Å². The van der Waals surface area contributed by atoms with Crippen LogP contribution in [0.5, 0.6) is 0 Å². The van der Waals surface area contributed by atoms with Crippen molar-refractivity contribution in [1.82, 2.24) is 9.21 Å². The fourth-order valence-electron chi connectivity index (χ4n) is 3.41. The number of allylic oxidation sites excluding steroid dienone is 4. The molecule has 1 fully saturated rings. The van der Waals surface area contributed by atoms with E-state index in [1.165, 1.54) is 0 Å². The molecule has 0 N–H and O–H groups in total. The van der Waals surface area contributed by atoms with E-state index in [1.807, 2.05) is 37.4 Å². The predicted octanol–water partition coefficient (Wildman–Crippen LogP) is 2.96. The smallest absolute Gasteiger partial charge is 0.225 e. The van der Waals surface area contributed by atoms with Crippen LogP contribution in [0, 0.1) is 0 Å². The van der Waals surface area contributed by atoms with Gasteiger partial charge in [-0.2, -0.15) is 4.31 Å². The molecule has 1 saturated heterocycles. The third-order valence-electron chi connectivity index (χ3n) is 5.14. The van der Waals surface area contributed by atoms with Crippen molar-refractivity contribution in [2.45, 2.75) is 37.2 Å². The van der Waals surface area contributed by atoms with Gasteiger partial charge < -0.3 is 0 Å². The lowest BCUT2D eigenvalue weighted by atomic mass is 10.1. The van der Waals surface area contributed by atoms with E-state index in [2.05, 4.69) is 30.9 Å². The van der Waals surface area contributed by atoms with E-state index in [-0.39, 0.29) is 11.7 Å². The van der Waals surface area contributed by atoms with Crippen LogP contribution in [0.1, 0.15) is 19.4 Å². The third kappa shape index (κ3) is 3.64. The Morgan fingerprint density at radius 3 is 2.24 bits per heavy atom. The van der Waals surface area contributed by atoms with Crippen LogP contribution in [-0.2, 0) is 16.4 Å². The second-order valence-electron chi connectivity index (χ2n) is 7.30. The summed E-state index contributed by atoms with van der Waals surface area (Å²) < 4.78 is 28.4. The summed E-state index contributed by atoms with van der Waals surface area (Å²) in [5, 5.41) is -0.622. The molecule has 1 aliphatic carbocycles. The van der Waals surface area contributed by atoms with Gasteiger partial charge in [0.05, 0.1) is 6.17 Å². The summed E-state index contributed by atoms with van der Waals surface area (Å²) in [7, 11) is -1.46. The zero-order chi connectivity index (χ0) is 18.1. The molecule has 5 heteroatoms. The van der Waals surface area contributed by atoms with Crippen LogP contribution in [0.3, 0.4) is 0 Å². The average molecular weight is 359 g/mol. The Morgan fingerprint density at radius 2 is 1.64 bits per heavy atom. The summed E-state index contributed by atoms with van der Waals surface area (Å²) in [5.74, 6) is 0. The highest BCUT2D eigenvalue weighted by Crippen LogP contribution is 2.33. The Morgan fingerprint density at radius 1 is 1.04 bits per heavy atom. The lowest BCUT2D eigenvalue weighted by molar-refractivity contribution is 0.155. The van der Waals surface area contributed by atoms with Gasteiger partial charge in [0, 0.05) is 18.5 Å². The van der Waals surface area contributed by atoms with Crippen molar-refractivity contribution in [3.63, 3.8) is 0 Å². The molecule has 1 aromatic rings. The van der Waals surface area contributed by atoms with E-state index < -0.39 is 15.3 Å². The zero-order valence-electron chi connectivity index (χ0n) is 15.0. The van der Waals surface area contributed by atoms with E-state index in [0.717, 1.165) is 5.56 Å². The molecule has 1 heterocycles. The highest BCUT2D eigenvalue weighted by Gasteiger charge is 2.48. The standard InChI is InChI=1S/C20H26N2O2S/c1-20(2)16-22(25(23,24)18-13-9-4-5-10-14-18)19(21(20)3)15-17-11-7-6-8-12-17/h4-14,18-19H,15-16H2,1-3H3/t19-/m1/s1. The topological polar surface area (TPSA) is 40.6 Å². The second-order valence-corrected chi connectivity index (χ2v) is 9.35. The monoisotopic (exact) mass is 358 g/mol. The van der Waals surface area contributed by atoms with Crippen molar-refractivity contribution in [3.8, 4) is 0 Å². The van der Waals surface area contributed by atoms with E-state index in [4.69, 9.17) is 0 Å². The van der Waals surface area contributed by atoms with Gasteiger partial charge in [-0.3, -0.25) is 4.90 Å². The molecule has 4 nitrogen and oxygen atoms in total. The average Bonchev–Trinajstić information content (AvgIpc) is 2.80. The van der Waals surface area contributed by atoms with Crippen LogP contribution in [-0.4, -0.2) is 48.2 Å². The molecular formula is C20H26N2O2S. The largest absolute Gasteiger partial charge is 0.283 e. The molecule has 0 radical (unpaired) electrons. The second kappa shape index (κ2) is 6.90. The maximum Gasteiger partial charge on any atom is 0.225 e. The quantitative estimate of drug-likeness (QED) is 0.831. The van der Waals surface area contributed by atoms with Gasteiger partial charge >= 0.3 is 0 Å². The third-order valence-corrected chi connectivity index (χ3v) is 7.17. The van der Waals surface area contributed by atoms with Crippen LogP contribution in [0.25, 0.3) is 0 Å². The SMILES string of the molecule is CN1[C@@H](Cc2ccccc2)N(S(=O)(=O)C2C=CC=CC=C2)CC1(C)C. The van der Waals surface area contributed by atoms with Crippen LogP contribution in [0.15, 0.2) is 66.8 Å². The van der Waals surface area contributed by atoms with Crippen LogP contribution in [0.2, 0.25) is 0 Å². The van der Waals surface area contributed by atoms with E-state index >= 15 is 0 Å². The Hall–Kier alpha value is -1.69. The summed E-state index contributed by atoms with van der Waals surface area (Å²) in [6.07, 6.45) is 11.3. The minimum atomic E-state index is -3.48. The molecule has 0 saturated carbocycles. The Labute approximate surface area is 151 Å². The number of hydrogen-bond donors (Lipinski definition) is 0. The molecule has 0 spiro atoms. The lowest BCUT2D eigenvalue weighted by Gasteiger charge is -2.32. The van der Waals surface area contributed by atoms with Crippen molar-refractivity contribution < 1.29 is 8.42 Å². The molecule has 134 valence electrons. The molecule has 1 atom stereocenters. The molecule has 0 amide bonds. The Kier molecular flexibility index (Phi) is 5.00. The van der Waals surface area contributed by atoms with E-state index in [1.54, 1.807) is 28.6 Å². The normalized spacial score (nSPS) is 24.7. The highest BCUT2D eigenvalue weighted by atomic mass is 32.2. The molecule has 1 aliphatic heterocycles. The summed E-state index contributed by atoms with van der Waals surface area (Å²) in [6.45, 7) is 4.69. The van der Waals surface area contributed by atoms with Crippen molar-refractivity contribution in [1.29, 1.82) is 0 Å². The zero-order valence-corrected chi connectivity index (χ0v) is 15.9. The van der Waals surface area contributed by atoms with Gasteiger partial charge in [-0.15, -0.1) is 0 Å². The van der Waals surface area contributed by atoms with Gasteiger partial charge in [0.25, 0.3) is 0 Å². The first-order chi connectivity index (χ1) is 11.8. The lowest BCUT2D eigenvalue weighted by Crippen LogP contribution is -2.46. The van der Waals surface area contributed by atoms with Crippen molar-refractivity contribution in [2.75, 3.05) is 13.6 Å². The van der Waals surface area contributed by atoms with Gasteiger partial charge in [-0.1, -0.05) is 66.8 Å². The first-order valence-electron chi connectivity index (χ1n) is 8.61. The highest BCUT2D eigenvalue weighted by molar-refractivity contribution is 7.90. The minimum Gasteiger partial charge on any atom is -0.283 e. The Balaban J connectivity index is 1.94. The summed E-state index contributed by atoms with van der Waals surface area (Å²) in [5.41, 5.74) is 0.939. The predicted molar refractivity (Wildman–Crippen MR) is 103 cm³/mol. The fraction of sp³-hybridized carbons (Fsp3) is 0.400. The molecule has 25 heavy (non-hydrogen) atoms. The molecule has 0 aromatic heterocycles. The van der Waals surface area contributed by atoms with Crippen LogP contribution < -0.4 is 0 Å². The van der Waals surface area contributed by atoms with Gasteiger partial charge in [0.2, 0.25) is 10.0 Å². The maximum absolute atomic E-state index is 13.3. The summed E-state index contributed by atoms with van der Waals surface area (Å²) in [4.78, 5) is 2.18. The van der Waals surface area contributed by atoms with Gasteiger partial charge in [-0.25, -0.2) is 8.42 Å². The van der Waals surface area contributed by atoms with Crippen LogP contribution >= 0.6 is 0 Å². The molecule has 0 unspecified atom stereocenters. The summed E-state index contributed by atoms with van der Waals surface area (Å²) >= 11 is 0. The fourth-order valence-corrected chi connectivity index (χ4v) is 5.36. The number of rotatable bonds is 4. The Bertz CT molecular complexity index is 778. The van der Waals surface area contributed by atoms with Gasteiger partial charge in [-0.05, 0) is 26.5 Å². The van der Waals surface area contributed by atoms with E-state index in [9.17, 15) is 8.42 Å². The van der Waals surface area contributed by atoms with Crippen LogP contribution in [0.4, 0.5) is 0 Å². The van der Waals surface area contributed by atoms with Crippen molar-refractivity contribution in [2.24, 2.45) is 0 Å². The number of nitrogens with zero attached hydrogens (tertiary/aromatic N) is 2. The number of benzene rings is 1. The molecular weight excluding hydrogens is 332 g/mol. The molecule has 3 rings (SSSR count). The first-order valence-corrected chi connectivity index (χ1v) is 10.1. The summed E-state index contributed by atoms with van der Waals surface area (Å²) in [6, 6.07) is 10.1. The molecule has 2 aliphatic rings. The minimum absolute atomic E-state index is 0.180. The first kappa shape index (κ1) is 18.1. The van der Waals surface area contributed by atoms with Crippen molar-refractivity contribution >= 4 is 10.0 Å². The number of sulfonamides is 1. The molecule has 0 bridgehead atoms. The van der Waals surface area contributed by atoms with Gasteiger partial charge in [0.1, 0.15) is 5.25 Å². The van der Waals surface area contributed by atoms with E-state index in [0.29, 0.717) is 13.0 Å². The molecule has 1 aromatic carbocycles. The number of hydrogen-bond acceptors (Lipinski definition) is 3. The number of likely N-dealkylation sites (N-methyl/N-ethyl adjacent to an activating group) is 1. The maximum atomic E-state index is 13.3.